The third-order valence-corrected chi connectivity index (χ3v) is 7.02. The molecule has 0 aromatic heterocycles. The molecule has 0 aliphatic heterocycles. The van der Waals surface area contributed by atoms with Gasteiger partial charge in [-0.05, 0) is 37.5 Å². The predicted octanol–water partition coefficient (Wildman–Crippen LogP) is 2.21. The van der Waals surface area contributed by atoms with Gasteiger partial charge >= 0.3 is 0 Å². The molecule has 31 heavy (non-hydrogen) atoms. The van der Waals surface area contributed by atoms with Crippen molar-refractivity contribution in [1.82, 2.24) is 14.5 Å². The molecule has 168 valence electrons. The number of sulfonamides is 1. The maximum atomic E-state index is 13.2. The fraction of sp³-hybridized carbons (Fsp3) is 0.391. The lowest BCUT2D eigenvalue weighted by atomic mass is 10.1. The largest absolute Gasteiger partial charge is 0.357 e. The van der Waals surface area contributed by atoms with Gasteiger partial charge in [0.25, 0.3) is 0 Å². The molecule has 2 amide bonds. The summed E-state index contributed by atoms with van der Waals surface area (Å²) < 4.78 is 26.8. The third kappa shape index (κ3) is 6.38. The van der Waals surface area contributed by atoms with Crippen molar-refractivity contribution in [1.29, 1.82) is 0 Å². The lowest BCUT2D eigenvalue weighted by Gasteiger charge is -2.31. The molecule has 2 aromatic carbocycles. The van der Waals surface area contributed by atoms with Gasteiger partial charge in [0.2, 0.25) is 21.8 Å². The fourth-order valence-electron chi connectivity index (χ4n) is 3.32. The van der Waals surface area contributed by atoms with Gasteiger partial charge < -0.3 is 10.2 Å². The average molecular weight is 446 g/mol. The molecule has 0 aliphatic rings. The Labute approximate surface area is 185 Å². The highest BCUT2D eigenvalue weighted by Crippen LogP contribution is 2.16. The Morgan fingerprint density at radius 1 is 1.03 bits per heavy atom. The number of benzene rings is 2. The monoisotopic (exact) mass is 445 g/mol. The molecule has 1 N–H and O–H groups in total. The van der Waals surface area contributed by atoms with Gasteiger partial charge in [0.05, 0.1) is 11.4 Å². The van der Waals surface area contributed by atoms with E-state index < -0.39 is 22.0 Å². The molecule has 1 atom stereocenters. The zero-order valence-corrected chi connectivity index (χ0v) is 19.4. The Kier molecular flexibility index (Phi) is 8.76. The standard InChI is InChI=1S/C23H31N3O4S/c1-5-21(23(28)24-3)26(16-15-19-9-7-6-8-10-19)22(27)17-25(4)31(29,30)20-13-11-18(2)12-14-20/h6-14,21H,5,15-17H2,1-4H3,(H,24,28)/t21-/m0/s1. The van der Waals surface area contributed by atoms with Crippen molar-refractivity contribution in [3.05, 3.63) is 65.7 Å². The van der Waals surface area contributed by atoms with E-state index in [1.54, 1.807) is 12.1 Å². The van der Waals surface area contributed by atoms with Crippen molar-refractivity contribution in [3.63, 3.8) is 0 Å². The van der Waals surface area contributed by atoms with E-state index in [-0.39, 0.29) is 17.3 Å². The van der Waals surface area contributed by atoms with Gasteiger partial charge in [-0.3, -0.25) is 9.59 Å². The van der Waals surface area contributed by atoms with Gasteiger partial charge in [-0.2, -0.15) is 4.31 Å². The SMILES string of the molecule is CC[C@@H](C(=O)NC)N(CCc1ccccc1)C(=O)CN(C)S(=O)(=O)c1ccc(C)cc1. The normalized spacial score (nSPS) is 12.4. The quantitative estimate of drug-likeness (QED) is 0.608. The molecular formula is C23H31N3O4S. The minimum atomic E-state index is -3.82. The Bertz CT molecular complexity index is 976. The van der Waals surface area contributed by atoms with Crippen molar-refractivity contribution >= 4 is 21.8 Å². The van der Waals surface area contributed by atoms with Gasteiger partial charge in [0, 0.05) is 20.6 Å². The molecule has 0 saturated heterocycles. The summed E-state index contributed by atoms with van der Waals surface area (Å²) in [6.07, 6.45) is 0.989. The number of aryl methyl sites for hydroxylation is 1. The van der Waals surface area contributed by atoms with Crippen LogP contribution in [-0.4, -0.2) is 62.7 Å². The summed E-state index contributed by atoms with van der Waals surface area (Å²) in [6.45, 7) is 3.67. The summed E-state index contributed by atoms with van der Waals surface area (Å²) in [5.41, 5.74) is 1.98. The lowest BCUT2D eigenvalue weighted by Crippen LogP contribution is -2.52. The fourth-order valence-corrected chi connectivity index (χ4v) is 4.44. The van der Waals surface area contributed by atoms with Crippen LogP contribution in [0.1, 0.15) is 24.5 Å². The number of carbonyl (C=O) groups is 2. The van der Waals surface area contributed by atoms with E-state index >= 15 is 0 Å². The van der Waals surface area contributed by atoms with E-state index in [1.807, 2.05) is 44.2 Å². The molecule has 8 heteroatoms. The van der Waals surface area contributed by atoms with Gasteiger partial charge in [0.15, 0.2) is 0 Å². The second-order valence-electron chi connectivity index (χ2n) is 7.44. The Morgan fingerprint density at radius 3 is 2.19 bits per heavy atom. The van der Waals surface area contributed by atoms with Crippen molar-refractivity contribution < 1.29 is 18.0 Å². The van der Waals surface area contributed by atoms with Crippen LogP contribution in [0.3, 0.4) is 0 Å². The molecule has 0 unspecified atom stereocenters. The van der Waals surface area contributed by atoms with E-state index in [9.17, 15) is 18.0 Å². The maximum Gasteiger partial charge on any atom is 0.243 e. The van der Waals surface area contributed by atoms with E-state index in [0.717, 1.165) is 15.4 Å². The zero-order chi connectivity index (χ0) is 23.0. The zero-order valence-electron chi connectivity index (χ0n) is 18.5. The average Bonchev–Trinajstić information content (AvgIpc) is 2.76. The number of hydrogen-bond donors (Lipinski definition) is 1. The summed E-state index contributed by atoms with van der Waals surface area (Å²) in [4.78, 5) is 27.2. The Morgan fingerprint density at radius 2 is 1.65 bits per heavy atom. The van der Waals surface area contributed by atoms with Crippen LogP contribution >= 0.6 is 0 Å². The molecular weight excluding hydrogens is 414 g/mol. The summed E-state index contributed by atoms with van der Waals surface area (Å²) in [5.74, 6) is -0.683. The van der Waals surface area contributed by atoms with Gasteiger partial charge in [0.1, 0.15) is 6.04 Å². The van der Waals surface area contributed by atoms with Gasteiger partial charge in [-0.25, -0.2) is 8.42 Å². The highest BCUT2D eigenvalue weighted by Gasteiger charge is 2.31. The van der Waals surface area contributed by atoms with Crippen LogP contribution in [0.25, 0.3) is 0 Å². The highest BCUT2D eigenvalue weighted by molar-refractivity contribution is 7.89. The van der Waals surface area contributed by atoms with Crippen LogP contribution in [0.2, 0.25) is 0 Å². The third-order valence-electron chi connectivity index (χ3n) is 5.20. The molecule has 7 nitrogen and oxygen atoms in total. The lowest BCUT2D eigenvalue weighted by molar-refractivity contribution is -0.140. The van der Waals surface area contributed by atoms with Crippen molar-refractivity contribution in [2.75, 3.05) is 27.2 Å². The van der Waals surface area contributed by atoms with E-state index in [4.69, 9.17) is 0 Å². The molecule has 0 bridgehead atoms. The first kappa shape index (κ1) is 24.6. The van der Waals surface area contributed by atoms with Gasteiger partial charge in [-0.1, -0.05) is 55.0 Å². The molecule has 0 heterocycles. The first-order valence-corrected chi connectivity index (χ1v) is 11.7. The Balaban J connectivity index is 2.22. The Hall–Kier alpha value is -2.71. The topological polar surface area (TPSA) is 86.8 Å². The summed E-state index contributed by atoms with van der Waals surface area (Å²) in [5, 5.41) is 2.60. The molecule has 2 rings (SSSR count). The predicted molar refractivity (Wildman–Crippen MR) is 121 cm³/mol. The van der Waals surface area contributed by atoms with Gasteiger partial charge in [-0.15, -0.1) is 0 Å². The van der Waals surface area contributed by atoms with Crippen LogP contribution in [-0.2, 0) is 26.0 Å². The molecule has 0 fully saturated rings. The molecule has 0 radical (unpaired) electrons. The smallest absolute Gasteiger partial charge is 0.243 e. The summed E-state index contributed by atoms with van der Waals surface area (Å²) in [6, 6.07) is 15.5. The van der Waals surface area contributed by atoms with E-state index in [1.165, 1.54) is 31.1 Å². The molecule has 2 aromatic rings. The number of nitrogens with one attached hydrogen (secondary N) is 1. The number of rotatable bonds is 10. The second kappa shape index (κ2) is 11.1. The minimum Gasteiger partial charge on any atom is -0.357 e. The first-order valence-electron chi connectivity index (χ1n) is 10.3. The first-order chi connectivity index (χ1) is 14.7. The maximum absolute atomic E-state index is 13.2. The van der Waals surface area contributed by atoms with Crippen LogP contribution in [0.15, 0.2) is 59.5 Å². The van der Waals surface area contributed by atoms with Crippen LogP contribution in [0.5, 0.6) is 0 Å². The van der Waals surface area contributed by atoms with Crippen LogP contribution < -0.4 is 5.32 Å². The second-order valence-corrected chi connectivity index (χ2v) is 9.48. The molecule has 0 saturated carbocycles. The number of carbonyl (C=O) groups excluding carboxylic acids is 2. The molecule has 0 spiro atoms. The molecule has 0 aliphatic carbocycles. The van der Waals surface area contributed by atoms with Crippen molar-refractivity contribution in [2.45, 2.75) is 37.6 Å². The number of likely N-dealkylation sites (N-methyl/N-ethyl adjacent to an activating group) is 2. The van der Waals surface area contributed by atoms with Crippen LogP contribution in [0.4, 0.5) is 0 Å². The number of amides is 2. The summed E-state index contributed by atoms with van der Waals surface area (Å²) in [7, 11) is -0.919. The van der Waals surface area contributed by atoms with Crippen molar-refractivity contribution in [2.24, 2.45) is 0 Å². The highest BCUT2D eigenvalue weighted by atomic mass is 32.2. The minimum absolute atomic E-state index is 0.127. The van der Waals surface area contributed by atoms with E-state index in [0.29, 0.717) is 19.4 Å². The number of hydrogen-bond acceptors (Lipinski definition) is 4. The van der Waals surface area contributed by atoms with Crippen LogP contribution in [0, 0.1) is 6.92 Å². The number of nitrogens with zero attached hydrogens (tertiary/aromatic N) is 2. The van der Waals surface area contributed by atoms with Crippen molar-refractivity contribution in [3.8, 4) is 0 Å². The summed E-state index contributed by atoms with van der Waals surface area (Å²) >= 11 is 0. The van der Waals surface area contributed by atoms with E-state index in [2.05, 4.69) is 5.32 Å².